The van der Waals surface area contributed by atoms with Crippen LogP contribution in [0, 0.1) is 0 Å². The fourth-order valence-corrected chi connectivity index (χ4v) is 2.00. The molecule has 4 nitrogen and oxygen atoms in total. The van der Waals surface area contributed by atoms with Crippen molar-refractivity contribution < 1.29 is 9.53 Å². The van der Waals surface area contributed by atoms with Gasteiger partial charge in [-0.05, 0) is 35.9 Å². The second-order valence-electron chi connectivity index (χ2n) is 3.77. The lowest BCUT2D eigenvalue weighted by atomic mass is 10.1. The maximum absolute atomic E-state index is 12.1. The summed E-state index contributed by atoms with van der Waals surface area (Å²) >= 11 is 11.6. The van der Waals surface area contributed by atoms with Gasteiger partial charge in [0, 0.05) is 11.8 Å². The third-order valence-corrected chi connectivity index (χ3v) is 2.98. The molecule has 0 aliphatic rings. The molecule has 0 radical (unpaired) electrons. The van der Waals surface area contributed by atoms with Crippen molar-refractivity contribution >= 4 is 29.0 Å². The van der Waals surface area contributed by atoms with Crippen molar-refractivity contribution in [1.82, 2.24) is 9.97 Å². The molecule has 98 valence electrons. The number of rotatable bonds is 4. The molecular weight excluding hydrogens is 287 g/mol. The molecule has 0 amide bonds. The summed E-state index contributed by atoms with van der Waals surface area (Å²) in [5, 5.41) is 0.520. The summed E-state index contributed by atoms with van der Waals surface area (Å²) in [6, 6.07) is 6.54. The maximum Gasteiger partial charge on any atom is 0.222 e. The number of carbonyl (C=O) groups is 1. The van der Waals surface area contributed by atoms with E-state index in [-0.39, 0.29) is 17.5 Å². The molecule has 0 spiro atoms. The molecule has 0 unspecified atom stereocenters. The van der Waals surface area contributed by atoms with E-state index in [1.54, 1.807) is 24.3 Å². The van der Waals surface area contributed by atoms with Gasteiger partial charge in [-0.3, -0.25) is 4.79 Å². The quantitative estimate of drug-likeness (QED) is 0.642. The molecule has 0 aliphatic heterocycles. The van der Waals surface area contributed by atoms with Gasteiger partial charge >= 0.3 is 0 Å². The Hall–Kier alpha value is -1.65. The molecule has 2 rings (SSSR count). The second kappa shape index (κ2) is 5.99. The fraction of sp³-hybridized carbons (Fsp3) is 0.154. The van der Waals surface area contributed by atoms with Crippen molar-refractivity contribution in [2.75, 3.05) is 7.11 Å². The predicted molar refractivity (Wildman–Crippen MR) is 73.1 cm³/mol. The fourth-order valence-electron chi connectivity index (χ4n) is 1.57. The van der Waals surface area contributed by atoms with Crippen LogP contribution in [-0.4, -0.2) is 22.9 Å². The minimum Gasteiger partial charge on any atom is -0.495 e. The summed E-state index contributed by atoms with van der Waals surface area (Å²) in [4.78, 5) is 19.8. The first-order valence-electron chi connectivity index (χ1n) is 5.44. The summed E-state index contributed by atoms with van der Waals surface area (Å²) in [6.07, 6.45) is 1.66. The smallest absolute Gasteiger partial charge is 0.222 e. The Kier molecular flexibility index (Phi) is 4.35. The van der Waals surface area contributed by atoms with E-state index in [1.165, 1.54) is 13.3 Å². The molecule has 0 saturated heterocycles. The Bertz CT molecular complexity index is 617. The lowest BCUT2D eigenvalue weighted by Crippen LogP contribution is -2.05. The number of hydrogen-bond acceptors (Lipinski definition) is 4. The van der Waals surface area contributed by atoms with Crippen LogP contribution in [0.3, 0.4) is 0 Å². The summed E-state index contributed by atoms with van der Waals surface area (Å²) < 4.78 is 5.03. The number of carbonyl (C=O) groups excluding carboxylic acids is 1. The summed E-state index contributed by atoms with van der Waals surface area (Å²) in [5.41, 5.74) is 1.07. The minimum atomic E-state index is -0.0979. The molecule has 0 atom stereocenters. The molecule has 0 bridgehead atoms. The highest BCUT2D eigenvalue weighted by Crippen LogP contribution is 2.25. The molecule has 1 heterocycles. The Morgan fingerprint density at radius 2 is 2.11 bits per heavy atom. The molecular formula is C13H10Cl2N2O2. The van der Waals surface area contributed by atoms with Gasteiger partial charge in [0.15, 0.2) is 5.78 Å². The number of nitrogens with zero attached hydrogens (tertiary/aromatic N) is 2. The van der Waals surface area contributed by atoms with Crippen LogP contribution in [0.4, 0.5) is 0 Å². The SMILES string of the molecule is COc1ccc(C(=O)Cc2ccnc(Cl)n2)cc1Cl. The van der Waals surface area contributed by atoms with Crippen LogP contribution < -0.4 is 4.74 Å². The molecule has 0 fully saturated rings. The molecule has 0 aliphatic carbocycles. The molecule has 1 aromatic carbocycles. The Morgan fingerprint density at radius 1 is 1.32 bits per heavy atom. The van der Waals surface area contributed by atoms with Gasteiger partial charge in [-0.15, -0.1) is 0 Å². The minimum absolute atomic E-state index is 0.0979. The third kappa shape index (κ3) is 3.43. The predicted octanol–water partition coefficient (Wildman–Crippen LogP) is 3.22. The van der Waals surface area contributed by atoms with Crippen molar-refractivity contribution in [2.45, 2.75) is 6.42 Å². The van der Waals surface area contributed by atoms with Crippen molar-refractivity contribution in [2.24, 2.45) is 0 Å². The van der Waals surface area contributed by atoms with Crippen molar-refractivity contribution in [1.29, 1.82) is 0 Å². The van der Waals surface area contributed by atoms with E-state index in [9.17, 15) is 4.79 Å². The van der Waals surface area contributed by atoms with Crippen LogP contribution in [-0.2, 0) is 6.42 Å². The molecule has 19 heavy (non-hydrogen) atoms. The highest BCUT2D eigenvalue weighted by Gasteiger charge is 2.11. The van der Waals surface area contributed by atoms with Crippen molar-refractivity contribution in [3.05, 3.63) is 52.0 Å². The van der Waals surface area contributed by atoms with E-state index in [2.05, 4.69) is 9.97 Å². The van der Waals surface area contributed by atoms with E-state index >= 15 is 0 Å². The van der Waals surface area contributed by atoms with E-state index in [0.717, 1.165) is 0 Å². The molecule has 0 N–H and O–H groups in total. The van der Waals surface area contributed by atoms with E-state index in [0.29, 0.717) is 22.0 Å². The summed E-state index contributed by atoms with van der Waals surface area (Å²) in [7, 11) is 1.52. The average molecular weight is 297 g/mol. The Balaban J connectivity index is 2.18. The zero-order valence-corrected chi connectivity index (χ0v) is 11.6. The second-order valence-corrected chi connectivity index (χ2v) is 4.51. The number of ketones is 1. The van der Waals surface area contributed by atoms with Crippen LogP contribution in [0.1, 0.15) is 16.1 Å². The topological polar surface area (TPSA) is 52.1 Å². The van der Waals surface area contributed by atoms with E-state index in [4.69, 9.17) is 27.9 Å². The first kappa shape index (κ1) is 13.8. The van der Waals surface area contributed by atoms with Gasteiger partial charge < -0.3 is 4.74 Å². The normalized spacial score (nSPS) is 10.3. The van der Waals surface area contributed by atoms with Gasteiger partial charge in [-0.25, -0.2) is 9.97 Å². The number of Topliss-reactive ketones (excluding diaryl/α,β-unsaturated/α-hetero) is 1. The monoisotopic (exact) mass is 296 g/mol. The highest BCUT2D eigenvalue weighted by atomic mass is 35.5. The van der Waals surface area contributed by atoms with Crippen molar-refractivity contribution in [3.63, 3.8) is 0 Å². The first-order valence-corrected chi connectivity index (χ1v) is 6.20. The number of halogens is 2. The Labute approximate surface area is 120 Å². The molecule has 2 aromatic rings. The van der Waals surface area contributed by atoms with Gasteiger partial charge in [0.2, 0.25) is 5.28 Å². The lowest BCUT2D eigenvalue weighted by molar-refractivity contribution is 0.0992. The zero-order chi connectivity index (χ0) is 13.8. The maximum atomic E-state index is 12.1. The number of ether oxygens (including phenoxy) is 1. The standard InChI is InChI=1S/C13H10Cl2N2O2/c1-19-12-3-2-8(6-10(12)14)11(18)7-9-4-5-16-13(15)17-9/h2-6H,7H2,1H3. The molecule has 1 aromatic heterocycles. The van der Waals surface area contributed by atoms with E-state index in [1.807, 2.05) is 0 Å². The van der Waals surface area contributed by atoms with Gasteiger partial charge in [0.05, 0.1) is 24.2 Å². The van der Waals surface area contributed by atoms with Gasteiger partial charge in [0.1, 0.15) is 5.75 Å². The number of methoxy groups -OCH3 is 1. The van der Waals surface area contributed by atoms with Gasteiger partial charge in [0.25, 0.3) is 0 Å². The van der Waals surface area contributed by atoms with Crippen LogP contribution in [0.2, 0.25) is 10.3 Å². The summed E-state index contributed by atoms with van der Waals surface area (Å²) in [5.74, 6) is 0.433. The van der Waals surface area contributed by atoms with Crippen molar-refractivity contribution in [3.8, 4) is 5.75 Å². The van der Waals surface area contributed by atoms with Crippen LogP contribution in [0.25, 0.3) is 0 Å². The van der Waals surface area contributed by atoms with Gasteiger partial charge in [-0.1, -0.05) is 11.6 Å². The van der Waals surface area contributed by atoms with Gasteiger partial charge in [-0.2, -0.15) is 0 Å². The van der Waals surface area contributed by atoms with E-state index < -0.39 is 0 Å². The lowest BCUT2D eigenvalue weighted by Gasteiger charge is -2.05. The van der Waals surface area contributed by atoms with Crippen LogP contribution in [0.15, 0.2) is 30.5 Å². The van der Waals surface area contributed by atoms with Crippen LogP contribution >= 0.6 is 23.2 Å². The molecule has 6 heteroatoms. The average Bonchev–Trinajstić information content (AvgIpc) is 2.38. The zero-order valence-electron chi connectivity index (χ0n) is 10.1. The summed E-state index contributed by atoms with van der Waals surface area (Å²) in [6.45, 7) is 0. The molecule has 0 saturated carbocycles. The van der Waals surface area contributed by atoms with Crippen LogP contribution in [0.5, 0.6) is 5.75 Å². The first-order chi connectivity index (χ1) is 9.10. The number of hydrogen-bond donors (Lipinski definition) is 0. The third-order valence-electron chi connectivity index (χ3n) is 2.50. The Morgan fingerprint density at radius 3 is 2.74 bits per heavy atom. The number of aromatic nitrogens is 2. The number of benzene rings is 1. The highest BCUT2D eigenvalue weighted by molar-refractivity contribution is 6.32. The largest absolute Gasteiger partial charge is 0.495 e.